The Labute approximate surface area is 177 Å². The van der Waals surface area contributed by atoms with Crippen LogP contribution in [0.2, 0.25) is 0 Å². The Morgan fingerprint density at radius 2 is 1.88 bits per heavy atom. The Morgan fingerprint density at radius 3 is 2.54 bits per heavy atom. The van der Waals surface area contributed by atoms with Gasteiger partial charge in [-0.15, -0.1) is 0 Å². The number of aromatic nitrogens is 4. The van der Waals surface area contributed by atoms with E-state index in [4.69, 9.17) is 0 Å². The average Bonchev–Trinajstić information content (AvgIpc) is 3.02. The summed E-state index contributed by atoms with van der Waals surface area (Å²) in [4.78, 5) is 38.7. The van der Waals surface area contributed by atoms with Crippen LogP contribution in [0.5, 0.6) is 0 Å². The Balaban J connectivity index is 0.00000243. The van der Waals surface area contributed by atoms with Crippen molar-refractivity contribution in [1.29, 1.82) is 0 Å². The first kappa shape index (κ1) is 21.0. The summed E-state index contributed by atoms with van der Waals surface area (Å²) in [7, 11) is 0. The summed E-state index contributed by atoms with van der Waals surface area (Å²) in [5.41, 5.74) is 0.666. The molecule has 0 aliphatic heterocycles. The number of nitrogens with one attached hydrogen (secondary N) is 2. The van der Waals surface area contributed by atoms with E-state index < -0.39 is 5.56 Å². The normalized spacial score (nSPS) is 17.3. The minimum absolute atomic E-state index is 0. The molecule has 3 rings (SSSR count). The maximum absolute atomic E-state index is 12.4. The Bertz CT molecular complexity index is 972. The fraction of sp³-hybridized carbons (Fsp3) is 0.526. The van der Waals surface area contributed by atoms with Crippen LogP contribution in [0.15, 0.2) is 15.9 Å². The topological polar surface area (TPSA) is 92.7 Å². The summed E-state index contributed by atoms with van der Waals surface area (Å²) in [6, 6.07) is 0. The number of hydrogen-bond donors (Lipinski definition) is 2. The Morgan fingerprint density at radius 1 is 1.19 bits per heavy atom. The molecule has 1 aliphatic rings. The molecule has 1 saturated carbocycles. The first-order valence-electron chi connectivity index (χ1n) is 8.89. The molecule has 2 aromatic heterocycles. The molecular formula is C19H25N4O2Y-. The molecule has 1 radical (unpaired) electrons. The van der Waals surface area contributed by atoms with Gasteiger partial charge in [0.05, 0.1) is 17.4 Å². The van der Waals surface area contributed by atoms with Gasteiger partial charge in [0.2, 0.25) is 5.56 Å². The summed E-state index contributed by atoms with van der Waals surface area (Å²) >= 11 is 0. The van der Waals surface area contributed by atoms with E-state index in [0.717, 1.165) is 18.5 Å². The van der Waals surface area contributed by atoms with E-state index in [0.29, 0.717) is 11.6 Å². The average molecular weight is 430 g/mol. The van der Waals surface area contributed by atoms with Crippen molar-refractivity contribution in [3.05, 3.63) is 49.1 Å². The molecule has 7 heteroatoms. The van der Waals surface area contributed by atoms with Crippen LogP contribution in [-0.4, -0.2) is 15.0 Å². The van der Waals surface area contributed by atoms with Crippen LogP contribution in [0.25, 0.3) is 12.2 Å². The molecule has 0 aromatic carbocycles. The maximum Gasteiger partial charge on any atom is 0.233 e. The fourth-order valence-electron chi connectivity index (χ4n) is 3.35. The number of aromatic amines is 2. The van der Waals surface area contributed by atoms with E-state index in [9.17, 15) is 9.59 Å². The number of rotatable bonds is 2. The smallest absolute Gasteiger partial charge is 0.233 e. The van der Waals surface area contributed by atoms with E-state index in [-0.39, 0.29) is 54.4 Å². The van der Waals surface area contributed by atoms with Crippen LogP contribution in [0.4, 0.5) is 0 Å². The second kappa shape index (κ2) is 8.61. The maximum atomic E-state index is 12.4. The van der Waals surface area contributed by atoms with Gasteiger partial charge in [-0.3, -0.25) is 4.79 Å². The van der Waals surface area contributed by atoms with Gasteiger partial charge in [0.1, 0.15) is 5.56 Å². The molecule has 0 spiro atoms. The van der Waals surface area contributed by atoms with Crippen LogP contribution in [-0.2, 0) is 38.1 Å². The molecule has 6 nitrogen and oxygen atoms in total. The van der Waals surface area contributed by atoms with Crippen LogP contribution >= 0.6 is 0 Å². The van der Waals surface area contributed by atoms with E-state index >= 15 is 0 Å². The molecule has 0 atom stereocenters. The zero-order chi connectivity index (χ0) is 18.0. The van der Waals surface area contributed by atoms with Crippen molar-refractivity contribution in [3.63, 3.8) is 0 Å². The molecule has 0 saturated heterocycles. The minimum atomic E-state index is -0.426. The molecule has 1 fully saturated rings. The van der Waals surface area contributed by atoms with Gasteiger partial charge in [-0.05, 0) is 24.8 Å². The molecule has 0 unspecified atom stereocenters. The second-order valence-electron chi connectivity index (χ2n) is 7.79. The largest absolute Gasteiger partial charge is 0.617 e. The predicted octanol–water partition coefficient (Wildman–Crippen LogP) is 0.900. The quantitative estimate of drug-likeness (QED) is 0.741. The van der Waals surface area contributed by atoms with E-state index in [1.54, 1.807) is 12.4 Å². The van der Waals surface area contributed by atoms with Crippen molar-refractivity contribution in [2.24, 2.45) is 5.92 Å². The summed E-state index contributed by atoms with van der Waals surface area (Å²) in [5.74, 6) is 0.343. The molecule has 0 bridgehead atoms. The van der Waals surface area contributed by atoms with Crippen molar-refractivity contribution in [2.45, 2.75) is 58.3 Å². The third kappa shape index (κ3) is 4.92. The van der Waals surface area contributed by atoms with Crippen molar-refractivity contribution < 1.29 is 32.7 Å². The molecule has 2 aromatic rings. The van der Waals surface area contributed by atoms with Crippen molar-refractivity contribution >= 4 is 12.2 Å². The zero-order valence-electron chi connectivity index (χ0n) is 15.6. The third-order valence-corrected chi connectivity index (χ3v) is 4.68. The summed E-state index contributed by atoms with van der Waals surface area (Å²) < 4.78 is 0. The van der Waals surface area contributed by atoms with Crippen LogP contribution in [0.3, 0.4) is 0 Å². The van der Waals surface area contributed by atoms with Gasteiger partial charge in [-0.25, -0.2) is 4.98 Å². The summed E-state index contributed by atoms with van der Waals surface area (Å²) in [5, 5.41) is 0.413. The van der Waals surface area contributed by atoms with Gasteiger partial charge in [-0.2, -0.15) is 0 Å². The second-order valence-corrected chi connectivity index (χ2v) is 7.79. The molecule has 2 N–H and O–H groups in total. The van der Waals surface area contributed by atoms with Gasteiger partial charge in [-0.1, -0.05) is 51.5 Å². The fourth-order valence-corrected chi connectivity index (χ4v) is 3.35. The standard InChI is InChI=1S/C19H26N4O2.Y/c1-19(2,3)16-13(20-11-21-16)10-15-18(25)22-14(17(24)23-15)9-12-7-5-4-6-8-12;/h9-12H,4-8H2,1-3H3,(H3,20,21,22,23,24,25);/p-1/b14-9-;. The van der Waals surface area contributed by atoms with E-state index in [1.807, 2.05) is 6.08 Å². The summed E-state index contributed by atoms with van der Waals surface area (Å²) in [6.45, 7) is 6.16. The first-order chi connectivity index (χ1) is 11.8. The number of hydrogen-bond acceptors (Lipinski definition) is 3. The van der Waals surface area contributed by atoms with Gasteiger partial charge in [0.25, 0.3) is 0 Å². The summed E-state index contributed by atoms with van der Waals surface area (Å²) in [6.07, 6.45) is 10.8. The Kier molecular flexibility index (Phi) is 6.97. The molecule has 0 amide bonds. The Hall–Kier alpha value is -1.27. The third-order valence-electron chi connectivity index (χ3n) is 4.68. The molecule has 26 heavy (non-hydrogen) atoms. The van der Waals surface area contributed by atoms with Gasteiger partial charge in [0.15, 0.2) is 0 Å². The monoisotopic (exact) mass is 430 g/mol. The SMILES string of the molecule is CC(C)(C)c1[nH]cnc1/C=c1\[nH]c(=O)/c(=C/C2CCCCC2)[n-]c1=O.[Y]. The van der Waals surface area contributed by atoms with Crippen LogP contribution in [0, 0.1) is 5.92 Å². The van der Waals surface area contributed by atoms with Crippen LogP contribution < -0.4 is 26.8 Å². The van der Waals surface area contributed by atoms with Gasteiger partial charge >= 0.3 is 0 Å². The number of H-pyrrole nitrogens is 2. The zero-order valence-corrected chi connectivity index (χ0v) is 18.5. The van der Waals surface area contributed by atoms with Gasteiger partial charge < -0.3 is 19.7 Å². The molecular weight excluding hydrogens is 405 g/mol. The van der Waals surface area contributed by atoms with Crippen LogP contribution in [0.1, 0.15) is 64.3 Å². The molecule has 137 valence electrons. The molecule has 1 aliphatic carbocycles. The van der Waals surface area contributed by atoms with Crippen molar-refractivity contribution in [3.8, 4) is 0 Å². The van der Waals surface area contributed by atoms with Crippen molar-refractivity contribution in [2.75, 3.05) is 0 Å². The van der Waals surface area contributed by atoms with E-state index in [2.05, 4.69) is 40.7 Å². The first-order valence-corrected chi connectivity index (χ1v) is 8.89. The number of nitrogens with zero attached hydrogens (tertiary/aromatic N) is 2. The van der Waals surface area contributed by atoms with Gasteiger partial charge in [0, 0.05) is 43.8 Å². The van der Waals surface area contributed by atoms with Crippen molar-refractivity contribution in [1.82, 2.24) is 19.9 Å². The minimum Gasteiger partial charge on any atom is -0.617 e. The number of imidazole rings is 1. The predicted molar refractivity (Wildman–Crippen MR) is 97.8 cm³/mol. The molecule has 2 heterocycles. The van der Waals surface area contributed by atoms with E-state index in [1.165, 1.54) is 19.3 Å².